The number of allylic oxidation sites excluding steroid dienone is 4. The van der Waals surface area contributed by atoms with Gasteiger partial charge in [0.2, 0.25) is 0 Å². The molecule has 4 heteroatoms. The molecule has 1 saturated carbocycles. The summed E-state index contributed by atoms with van der Waals surface area (Å²) < 4.78 is 60.3. The van der Waals surface area contributed by atoms with Crippen molar-refractivity contribution >= 4 is 5.57 Å². The molecule has 0 saturated heterocycles. The second kappa shape index (κ2) is 13.2. The lowest BCUT2D eigenvalue weighted by molar-refractivity contribution is 0.202. The second-order valence-electron chi connectivity index (χ2n) is 12.0. The van der Waals surface area contributed by atoms with Gasteiger partial charge in [-0.25, -0.2) is 17.6 Å². The van der Waals surface area contributed by atoms with Crippen LogP contribution in [0.2, 0.25) is 0 Å². The van der Waals surface area contributed by atoms with Crippen LogP contribution in [0.5, 0.6) is 0 Å². The maximum Gasteiger partial charge on any atom is 0.167 e. The third-order valence-corrected chi connectivity index (χ3v) is 9.33. The van der Waals surface area contributed by atoms with Crippen LogP contribution < -0.4 is 0 Å². The fourth-order valence-electron chi connectivity index (χ4n) is 6.72. The van der Waals surface area contributed by atoms with Crippen molar-refractivity contribution in [3.63, 3.8) is 0 Å². The van der Waals surface area contributed by atoms with Gasteiger partial charge in [0.05, 0.1) is 0 Å². The molecule has 5 rings (SSSR count). The first-order chi connectivity index (χ1) is 19.9. The maximum absolute atomic E-state index is 15.3. The van der Waals surface area contributed by atoms with Crippen molar-refractivity contribution in [1.82, 2.24) is 0 Å². The Bertz CT molecular complexity index is 1410. The zero-order valence-electron chi connectivity index (χ0n) is 24.2. The highest BCUT2D eigenvalue weighted by molar-refractivity contribution is 5.74. The SMILES string of the molecule is C/C=C\CCCc1ccc(-c2ccc(-c3ccc(C4=CCC(C5CCC(C)CC5)CC4)c(F)c3F)cc2)c(F)c1F. The van der Waals surface area contributed by atoms with Gasteiger partial charge in [0.1, 0.15) is 0 Å². The molecule has 41 heavy (non-hydrogen) atoms. The smallest absolute Gasteiger partial charge is 0.167 e. The Morgan fingerprint density at radius 3 is 1.88 bits per heavy atom. The zero-order chi connectivity index (χ0) is 28.9. The minimum atomic E-state index is -0.885. The topological polar surface area (TPSA) is 0 Å². The van der Waals surface area contributed by atoms with Crippen molar-refractivity contribution in [2.75, 3.05) is 0 Å². The van der Waals surface area contributed by atoms with Crippen LogP contribution in [-0.2, 0) is 6.42 Å². The molecule has 0 heterocycles. The molecule has 216 valence electrons. The average Bonchev–Trinajstić information content (AvgIpc) is 2.99. The van der Waals surface area contributed by atoms with Gasteiger partial charge in [-0.1, -0.05) is 86.5 Å². The minimum Gasteiger partial charge on any atom is -0.203 e. The van der Waals surface area contributed by atoms with Gasteiger partial charge in [0.15, 0.2) is 23.3 Å². The van der Waals surface area contributed by atoms with Crippen LogP contribution in [-0.4, -0.2) is 0 Å². The van der Waals surface area contributed by atoms with E-state index in [0.717, 1.165) is 49.5 Å². The lowest BCUT2D eigenvalue weighted by atomic mass is 9.71. The maximum atomic E-state index is 15.3. The van der Waals surface area contributed by atoms with E-state index in [1.807, 2.05) is 19.1 Å². The first-order valence-corrected chi connectivity index (χ1v) is 15.2. The quantitative estimate of drug-likeness (QED) is 0.146. The summed E-state index contributed by atoms with van der Waals surface area (Å²) in [4.78, 5) is 0. The van der Waals surface area contributed by atoms with Crippen LogP contribution in [0.15, 0.2) is 66.8 Å². The molecular weight excluding hydrogens is 520 g/mol. The molecule has 1 atom stereocenters. The fourth-order valence-corrected chi connectivity index (χ4v) is 6.72. The van der Waals surface area contributed by atoms with E-state index in [2.05, 4.69) is 13.0 Å². The van der Waals surface area contributed by atoms with E-state index in [4.69, 9.17) is 0 Å². The van der Waals surface area contributed by atoms with Gasteiger partial charge in [0.25, 0.3) is 0 Å². The number of rotatable bonds is 8. The van der Waals surface area contributed by atoms with E-state index >= 15 is 8.78 Å². The average molecular weight is 561 g/mol. The molecule has 0 radical (unpaired) electrons. The highest BCUT2D eigenvalue weighted by Crippen LogP contribution is 2.42. The monoisotopic (exact) mass is 560 g/mol. The van der Waals surface area contributed by atoms with Gasteiger partial charge in [-0.05, 0) is 98.3 Å². The number of benzene rings is 3. The molecule has 1 fully saturated rings. The van der Waals surface area contributed by atoms with E-state index in [-0.39, 0.29) is 11.1 Å². The minimum absolute atomic E-state index is 0.151. The molecule has 0 bridgehead atoms. The van der Waals surface area contributed by atoms with Crippen LogP contribution in [0.1, 0.15) is 82.8 Å². The lowest BCUT2D eigenvalue weighted by Crippen LogP contribution is -2.22. The third-order valence-electron chi connectivity index (χ3n) is 9.33. The summed E-state index contributed by atoms with van der Waals surface area (Å²) in [5.41, 5.74) is 2.88. The first-order valence-electron chi connectivity index (χ1n) is 15.2. The molecular formula is C37H40F4. The Kier molecular flexibility index (Phi) is 9.47. The van der Waals surface area contributed by atoms with E-state index in [1.165, 1.54) is 25.7 Å². The predicted octanol–water partition coefficient (Wildman–Crippen LogP) is 11.5. The molecule has 3 aromatic carbocycles. The molecule has 1 unspecified atom stereocenters. The standard InChI is InChI=1S/C37H40F4/c1-3-4-5-6-7-30-20-21-31(35(39)34(30)38)28-16-18-29(19-17-28)33-23-22-32(36(40)37(33)41)27-14-12-26(13-15-27)25-10-8-24(2)9-11-25/h3-4,14,16-26H,5-13,15H2,1-2H3/b4-3-. The molecule has 0 amide bonds. The summed E-state index contributed by atoms with van der Waals surface area (Å²) in [6.07, 6.45) is 16.0. The summed E-state index contributed by atoms with van der Waals surface area (Å²) in [5.74, 6) is -1.18. The molecule has 0 nitrogen and oxygen atoms in total. The van der Waals surface area contributed by atoms with Crippen LogP contribution in [0.4, 0.5) is 17.6 Å². The van der Waals surface area contributed by atoms with Crippen molar-refractivity contribution in [2.45, 2.75) is 78.1 Å². The van der Waals surface area contributed by atoms with E-state index in [0.29, 0.717) is 34.6 Å². The van der Waals surface area contributed by atoms with Gasteiger partial charge >= 0.3 is 0 Å². The summed E-state index contributed by atoms with van der Waals surface area (Å²) in [7, 11) is 0. The third kappa shape index (κ3) is 6.52. The highest BCUT2D eigenvalue weighted by Gasteiger charge is 2.28. The van der Waals surface area contributed by atoms with Crippen molar-refractivity contribution in [3.05, 3.63) is 101 Å². The number of aryl methyl sites for hydroxylation is 1. The van der Waals surface area contributed by atoms with E-state index in [1.54, 1.807) is 48.5 Å². The Morgan fingerprint density at radius 2 is 1.27 bits per heavy atom. The molecule has 0 aliphatic heterocycles. The Balaban J connectivity index is 1.29. The molecule has 2 aliphatic carbocycles. The largest absolute Gasteiger partial charge is 0.203 e. The second-order valence-corrected chi connectivity index (χ2v) is 12.0. The Hall–Kier alpha value is -3.14. The van der Waals surface area contributed by atoms with Gasteiger partial charge in [0, 0.05) is 16.7 Å². The van der Waals surface area contributed by atoms with Crippen molar-refractivity contribution < 1.29 is 17.6 Å². The Morgan fingerprint density at radius 1 is 0.683 bits per heavy atom. The zero-order valence-corrected chi connectivity index (χ0v) is 24.2. The van der Waals surface area contributed by atoms with Crippen molar-refractivity contribution in [3.8, 4) is 22.3 Å². The van der Waals surface area contributed by atoms with Crippen LogP contribution in [0.3, 0.4) is 0 Å². The number of hydrogen-bond donors (Lipinski definition) is 0. The summed E-state index contributed by atoms with van der Waals surface area (Å²) in [5, 5.41) is 0. The summed E-state index contributed by atoms with van der Waals surface area (Å²) in [6.45, 7) is 4.26. The van der Waals surface area contributed by atoms with Crippen molar-refractivity contribution in [2.24, 2.45) is 17.8 Å². The Labute approximate surface area is 242 Å². The van der Waals surface area contributed by atoms with Gasteiger partial charge in [-0.2, -0.15) is 0 Å². The number of hydrogen-bond acceptors (Lipinski definition) is 0. The van der Waals surface area contributed by atoms with Crippen molar-refractivity contribution in [1.29, 1.82) is 0 Å². The molecule has 2 aliphatic rings. The van der Waals surface area contributed by atoms with Crippen LogP contribution in [0, 0.1) is 41.0 Å². The van der Waals surface area contributed by atoms with E-state index < -0.39 is 23.3 Å². The lowest BCUT2D eigenvalue weighted by Gasteiger charge is -2.34. The van der Waals surface area contributed by atoms with E-state index in [9.17, 15) is 8.78 Å². The summed E-state index contributed by atoms with van der Waals surface area (Å²) >= 11 is 0. The number of halogens is 4. The van der Waals surface area contributed by atoms with Gasteiger partial charge in [-0.15, -0.1) is 0 Å². The van der Waals surface area contributed by atoms with Gasteiger partial charge < -0.3 is 0 Å². The molecule has 0 N–H and O–H groups in total. The first kappa shape index (κ1) is 29.4. The normalized spacial score (nSPS) is 21.3. The molecule has 0 aromatic heterocycles. The van der Waals surface area contributed by atoms with Gasteiger partial charge in [-0.3, -0.25) is 0 Å². The van der Waals surface area contributed by atoms with Crippen LogP contribution in [0.25, 0.3) is 27.8 Å². The van der Waals surface area contributed by atoms with Crippen LogP contribution >= 0.6 is 0 Å². The predicted molar refractivity (Wildman–Crippen MR) is 161 cm³/mol. The summed E-state index contributed by atoms with van der Waals surface area (Å²) in [6, 6.07) is 13.0. The number of unbranched alkanes of at least 4 members (excludes halogenated alkanes) is 1. The fraction of sp³-hybridized carbons (Fsp3) is 0.405. The highest BCUT2D eigenvalue weighted by atomic mass is 19.2. The molecule has 0 spiro atoms. The molecule has 3 aromatic rings.